The number of rotatable bonds is 5. The lowest BCUT2D eigenvalue weighted by atomic mass is 9.87. The summed E-state index contributed by atoms with van der Waals surface area (Å²) in [6.45, 7) is 2.23. The molecule has 2 aromatic rings. The standard InChI is InChI=1S/C21H29N3/c1-2-6-17(7-3-1)13-14-22-19-11-9-18(10-12-19)20-16-24-15-5-4-8-21(24)23-20/h9-12,16-17,22H,1-8,13-15H2. The van der Waals surface area contributed by atoms with E-state index in [1.807, 2.05) is 0 Å². The maximum Gasteiger partial charge on any atom is 0.109 e. The minimum atomic E-state index is 0.947. The van der Waals surface area contributed by atoms with Crippen molar-refractivity contribution in [3.8, 4) is 11.3 Å². The Balaban J connectivity index is 1.33. The van der Waals surface area contributed by atoms with Gasteiger partial charge in [0.1, 0.15) is 5.82 Å². The van der Waals surface area contributed by atoms with Gasteiger partial charge >= 0.3 is 0 Å². The average molecular weight is 323 g/mol. The second-order valence-electron chi connectivity index (χ2n) is 7.49. The molecule has 1 aromatic heterocycles. The fraction of sp³-hybridized carbons (Fsp3) is 0.571. The molecule has 128 valence electrons. The lowest BCUT2D eigenvalue weighted by Crippen LogP contribution is -2.12. The van der Waals surface area contributed by atoms with E-state index in [0.29, 0.717) is 0 Å². The van der Waals surface area contributed by atoms with Crippen molar-refractivity contribution in [2.24, 2.45) is 5.92 Å². The number of aromatic nitrogens is 2. The third-order valence-corrected chi connectivity index (χ3v) is 5.70. The molecule has 24 heavy (non-hydrogen) atoms. The zero-order valence-electron chi connectivity index (χ0n) is 14.6. The average Bonchev–Trinajstić information content (AvgIpc) is 3.07. The van der Waals surface area contributed by atoms with Crippen LogP contribution in [0.2, 0.25) is 0 Å². The van der Waals surface area contributed by atoms with Gasteiger partial charge in [-0.3, -0.25) is 0 Å². The number of anilines is 1. The molecule has 2 heterocycles. The summed E-state index contributed by atoms with van der Waals surface area (Å²) in [5.41, 5.74) is 3.59. The third kappa shape index (κ3) is 3.66. The molecule has 1 aliphatic heterocycles. The van der Waals surface area contributed by atoms with Crippen LogP contribution in [0.5, 0.6) is 0 Å². The summed E-state index contributed by atoms with van der Waals surface area (Å²) >= 11 is 0. The molecule has 1 aliphatic carbocycles. The Labute approximate surface area is 145 Å². The van der Waals surface area contributed by atoms with Gasteiger partial charge in [0.2, 0.25) is 0 Å². The molecule has 0 saturated heterocycles. The summed E-state index contributed by atoms with van der Waals surface area (Å²) in [7, 11) is 0. The molecule has 3 heteroatoms. The molecule has 0 bridgehead atoms. The van der Waals surface area contributed by atoms with Crippen molar-refractivity contribution in [1.29, 1.82) is 0 Å². The molecule has 0 radical (unpaired) electrons. The largest absolute Gasteiger partial charge is 0.385 e. The van der Waals surface area contributed by atoms with Gasteiger partial charge in [0.25, 0.3) is 0 Å². The first-order valence-corrected chi connectivity index (χ1v) is 9.79. The van der Waals surface area contributed by atoms with Crippen LogP contribution in [0.25, 0.3) is 11.3 Å². The van der Waals surface area contributed by atoms with Gasteiger partial charge in [-0.25, -0.2) is 4.98 Å². The van der Waals surface area contributed by atoms with Crippen molar-refractivity contribution >= 4 is 5.69 Å². The predicted octanol–water partition coefficient (Wildman–Crippen LogP) is 5.27. The third-order valence-electron chi connectivity index (χ3n) is 5.70. The van der Waals surface area contributed by atoms with Crippen LogP contribution in [0.4, 0.5) is 5.69 Å². The maximum absolute atomic E-state index is 4.82. The van der Waals surface area contributed by atoms with E-state index in [-0.39, 0.29) is 0 Å². The Hall–Kier alpha value is -1.77. The highest BCUT2D eigenvalue weighted by Gasteiger charge is 2.14. The second-order valence-corrected chi connectivity index (χ2v) is 7.49. The zero-order chi connectivity index (χ0) is 16.2. The van der Waals surface area contributed by atoms with Gasteiger partial charge in [-0.05, 0) is 37.3 Å². The second kappa shape index (κ2) is 7.42. The molecule has 1 saturated carbocycles. The number of hydrogen-bond acceptors (Lipinski definition) is 2. The van der Waals surface area contributed by atoms with Gasteiger partial charge in [-0.2, -0.15) is 0 Å². The molecule has 1 fully saturated rings. The molecule has 0 spiro atoms. The molecule has 0 atom stereocenters. The quantitative estimate of drug-likeness (QED) is 0.812. The van der Waals surface area contributed by atoms with E-state index in [4.69, 9.17) is 4.98 Å². The number of nitrogens with one attached hydrogen (secondary N) is 1. The van der Waals surface area contributed by atoms with Crippen LogP contribution in [-0.2, 0) is 13.0 Å². The van der Waals surface area contributed by atoms with Crippen LogP contribution in [0, 0.1) is 5.92 Å². The number of aryl methyl sites for hydroxylation is 2. The molecular formula is C21H29N3. The number of benzene rings is 1. The van der Waals surface area contributed by atoms with E-state index in [2.05, 4.69) is 40.3 Å². The zero-order valence-corrected chi connectivity index (χ0v) is 14.6. The smallest absolute Gasteiger partial charge is 0.109 e. The van der Waals surface area contributed by atoms with Crippen LogP contribution >= 0.6 is 0 Å². The first-order chi connectivity index (χ1) is 11.9. The first-order valence-electron chi connectivity index (χ1n) is 9.79. The molecule has 1 N–H and O–H groups in total. The molecule has 0 amide bonds. The van der Waals surface area contributed by atoms with E-state index in [9.17, 15) is 0 Å². The Morgan fingerprint density at radius 1 is 1.00 bits per heavy atom. The van der Waals surface area contributed by atoms with Gasteiger partial charge in [0.05, 0.1) is 5.69 Å². The SMILES string of the molecule is c1cc(-c2cn3c(n2)CCCC3)ccc1NCCC1CCCCC1. The Morgan fingerprint density at radius 2 is 1.83 bits per heavy atom. The van der Waals surface area contributed by atoms with E-state index in [0.717, 1.165) is 31.1 Å². The van der Waals surface area contributed by atoms with Gasteiger partial charge in [0, 0.05) is 37.0 Å². The minimum absolute atomic E-state index is 0.947. The van der Waals surface area contributed by atoms with Crippen molar-refractivity contribution in [3.05, 3.63) is 36.3 Å². The summed E-state index contributed by atoms with van der Waals surface area (Å²) < 4.78 is 2.33. The molecule has 1 aromatic carbocycles. The van der Waals surface area contributed by atoms with Crippen molar-refractivity contribution < 1.29 is 0 Å². The fourth-order valence-electron chi connectivity index (χ4n) is 4.21. The highest BCUT2D eigenvalue weighted by Crippen LogP contribution is 2.27. The predicted molar refractivity (Wildman–Crippen MR) is 100 cm³/mol. The number of fused-ring (bicyclic) bond motifs is 1. The number of imidazole rings is 1. The van der Waals surface area contributed by atoms with Crippen LogP contribution in [0.3, 0.4) is 0 Å². The summed E-state index contributed by atoms with van der Waals surface area (Å²) in [6, 6.07) is 8.82. The van der Waals surface area contributed by atoms with Crippen molar-refractivity contribution in [3.63, 3.8) is 0 Å². The van der Waals surface area contributed by atoms with E-state index in [1.54, 1.807) is 0 Å². The van der Waals surface area contributed by atoms with E-state index >= 15 is 0 Å². The molecule has 2 aliphatic rings. The summed E-state index contributed by atoms with van der Waals surface area (Å²) in [5, 5.41) is 3.59. The first kappa shape index (κ1) is 15.7. The summed E-state index contributed by atoms with van der Waals surface area (Å²) in [5.74, 6) is 2.20. The Kier molecular flexibility index (Phi) is 4.86. The minimum Gasteiger partial charge on any atom is -0.385 e. The van der Waals surface area contributed by atoms with Crippen LogP contribution in [0.1, 0.15) is 57.2 Å². The highest BCUT2D eigenvalue weighted by atomic mass is 15.1. The molecule has 0 unspecified atom stereocenters. The van der Waals surface area contributed by atoms with Crippen LogP contribution < -0.4 is 5.32 Å². The number of nitrogens with zero attached hydrogens (tertiary/aromatic N) is 2. The van der Waals surface area contributed by atoms with Gasteiger partial charge in [-0.15, -0.1) is 0 Å². The molecule has 3 nitrogen and oxygen atoms in total. The molecular weight excluding hydrogens is 294 g/mol. The summed E-state index contributed by atoms with van der Waals surface area (Å²) in [6.07, 6.45) is 14.4. The van der Waals surface area contributed by atoms with E-state index < -0.39 is 0 Å². The fourth-order valence-corrected chi connectivity index (χ4v) is 4.21. The number of hydrogen-bond donors (Lipinski definition) is 1. The Bertz CT molecular complexity index is 627. The topological polar surface area (TPSA) is 29.9 Å². The highest BCUT2D eigenvalue weighted by molar-refractivity contribution is 5.62. The van der Waals surface area contributed by atoms with E-state index in [1.165, 1.54) is 68.4 Å². The summed E-state index contributed by atoms with van der Waals surface area (Å²) in [4.78, 5) is 4.82. The Morgan fingerprint density at radius 3 is 2.62 bits per heavy atom. The van der Waals surface area contributed by atoms with Crippen molar-refractivity contribution in [2.75, 3.05) is 11.9 Å². The maximum atomic E-state index is 4.82. The normalized spacial score (nSPS) is 18.3. The van der Waals surface area contributed by atoms with Gasteiger partial charge in [0.15, 0.2) is 0 Å². The van der Waals surface area contributed by atoms with Crippen LogP contribution in [0.15, 0.2) is 30.5 Å². The van der Waals surface area contributed by atoms with Crippen LogP contribution in [-0.4, -0.2) is 16.1 Å². The molecule has 4 rings (SSSR count). The monoisotopic (exact) mass is 323 g/mol. The van der Waals surface area contributed by atoms with Gasteiger partial charge < -0.3 is 9.88 Å². The lowest BCUT2D eigenvalue weighted by Gasteiger charge is -2.21. The van der Waals surface area contributed by atoms with Gasteiger partial charge in [-0.1, -0.05) is 44.2 Å². The van der Waals surface area contributed by atoms with Crippen molar-refractivity contribution in [2.45, 2.75) is 64.3 Å². The van der Waals surface area contributed by atoms with Crippen molar-refractivity contribution in [1.82, 2.24) is 9.55 Å². The lowest BCUT2D eigenvalue weighted by molar-refractivity contribution is 0.345.